The van der Waals surface area contributed by atoms with Crippen LogP contribution in [0.15, 0.2) is 49.6 Å². The summed E-state index contributed by atoms with van der Waals surface area (Å²) in [5, 5.41) is 21.1. The molecule has 4 heteroatoms. The van der Waals surface area contributed by atoms with Crippen LogP contribution in [-0.2, 0) is 11.8 Å². The highest BCUT2D eigenvalue weighted by molar-refractivity contribution is 5.61. The number of phenolic OH excluding ortho intramolecular Hbond substituents is 1. The van der Waals surface area contributed by atoms with Gasteiger partial charge in [0.25, 0.3) is 0 Å². The molecule has 2 aliphatic carbocycles. The number of likely N-dealkylation sites (tertiary alicyclic amines) is 1. The first-order chi connectivity index (χ1) is 12.6. The van der Waals surface area contributed by atoms with Gasteiger partial charge in [-0.05, 0) is 23.8 Å². The second-order valence-electron chi connectivity index (χ2n) is 8.33. The highest BCUT2D eigenvalue weighted by atomic mass is 16.5. The first-order valence-electron chi connectivity index (χ1n) is 9.53. The predicted octanol–water partition coefficient (Wildman–Crippen LogP) is 2.46. The number of rotatable bonds is 4. The number of phenols is 1. The number of benzene rings is 1. The minimum Gasteiger partial charge on any atom is -0.504 e. The Hall–Kier alpha value is -2.04. The summed E-state index contributed by atoms with van der Waals surface area (Å²) in [4.78, 5) is 0. The molecular weight excluding hydrogens is 326 g/mol. The molecule has 0 saturated carbocycles. The van der Waals surface area contributed by atoms with Gasteiger partial charge in [0.05, 0.1) is 25.0 Å². The molecule has 2 N–H and O–H groups in total. The van der Waals surface area contributed by atoms with Crippen molar-refractivity contribution >= 4 is 0 Å². The van der Waals surface area contributed by atoms with E-state index in [9.17, 15) is 10.2 Å². The molecule has 1 aromatic rings. The third-order valence-corrected chi connectivity index (χ3v) is 7.37. The van der Waals surface area contributed by atoms with Gasteiger partial charge in [-0.2, -0.15) is 0 Å². The average molecular weight is 352 g/mol. The SMILES string of the molecule is C=CC[N+]1(CC=C)CC[C@]23c4c5ccc(O)c4O[C@H]2[C@@H](O)C=C[C@H]3[C@H]1C5. The largest absolute Gasteiger partial charge is 0.504 e. The third kappa shape index (κ3) is 1.72. The summed E-state index contributed by atoms with van der Waals surface area (Å²) >= 11 is 0. The predicted molar refractivity (Wildman–Crippen MR) is 100 cm³/mol. The van der Waals surface area contributed by atoms with Gasteiger partial charge in [0.2, 0.25) is 0 Å². The fourth-order valence-electron chi connectivity index (χ4n) is 6.43. The lowest BCUT2D eigenvalue weighted by Gasteiger charge is -2.60. The van der Waals surface area contributed by atoms with E-state index in [2.05, 4.69) is 25.3 Å². The van der Waals surface area contributed by atoms with Crippen molar-refractivity contribution < 1.29 is 19.4 Å². The van der Waals surface area contributed by atoms with Gasteiger partial charge in [-0.25, -0.2) is 0 Å². The third-order valence-electron chi connectivity index (χ3n) is 7.37. The van der Waals surface area contributed by atoms with Crippen molar-refractivity contribution in [1.29, 1.82) is 0 Å². The summed E-state index contributed by atoms with van der Waals surface area (Å²) in [6.07, 6.45) is 9.12. The number of aromatic hydroxyl groups is 1. The molecule has 2 heterocycles. The Morgan fingerprint density at radius 1 is 1.23 bits per heavy atom. The fraction of sp³-hybridized carbons (Fsp3) is 0.455. The molecule has 4 aliphatic rings. The molecule has 0 aromatic heterocycles. The van der Waals surface area contributed by atoms with Crippen molar-refractivity contribution in [2.75, 3.05) is 19.6 Å². The maximum absolute atomic E-state index is 10.7. The Bertz CT molecular complexity index is 819. The summed E-state index contributed by atoms with van der Waals surface area (Å²) in [5.74, 6) is 1.09. The van der Waals surface area contributed by atoms with Crippen LogP contribution in [0.2, 0.25) is 0 Å². The van der Waals surface area contributed by atoms with E-state index < -0.39 is 6.10 Å². The molecular formula is C22H26NO3+. The minimum absolute atomic E-state index is 0.195. The molecule has 5 rings (SSSR count). The van der Waals surface area contributed by atoms with E-state index in [1.54, 1.807) is 6.07 Å². The molecule has 0 unspecified atom stereocenters. The van der Waals surface area contributed by atoms with E-state index in [1.165, 1.54) is 5.56 Å². The number of aliphatic hydroxyl groups is 1. The summed E-state index contributed by atoms with van der Waals surface area (Å²) < 4.78 is 7.17. The Morgan fingerprint density at radius 2 is 2.00 bits per heavy atom. The molecule has 2 aliphatic heterocycles. The lowest BCUT2D eigenvalue weighted by Crippen LogP contribution is -2.72. The number of nitrogens with zero attached hydrogens (tertiary/aromatic N) is 1. The van der Waals surface area contributed by atoms with Crippen molar-refractivity contribution in [3.8, 4) is 11.5 Å². The lowest BCUT2D eigenvalue weighted by atomic mass is 9.52. The van der Waals surface area contributed by atoms with Gasteiger partial charge in [-0.1, -0.05) is 31.4 Å². The van der Waals surface area contributed by atoms with Gasteiger partial charge in [-0.3, -0.25) is 0 Å². The molecule has 26 heavy (non-hydrogen) atoms. The first-order valence-corrected chi connectivity index (χ1v) is 9.53. The molecule has 2 bridgehead atoms. The molecule has 1 fully saturated rings. The second kappa shape index (κ2) is 5.24. The molecule has 136 valence electrons. The maximum Gasteiger partial charge on any atom is 0.165 e. The summed E-state index contributed by atoms with van der Waals surface area (Å²) in [6.45, 7) is 10.9. The molecule has 0 radical (unpaired) electrons. The van der Waals surface area contributed by atoms with E-state index in [0.29, 0.717) is 17.7 Å². The average Bonchev–Trinajstić information content (AvgIpc) is 2.98. The number of hydrogen-bond donors (Lipinski definition) is 2. The monoisotopic (exact) mass is 352 g/mol. The highest BCUT2D eigenvalue weighted by Crippen LogP contribution is 2.63. The number of aliphatic hydroxyl groups excluding tert-OH is 1. The van der Waals surface area contributed by atoms with Crippen molar-refractivity contribution in [3.05, 3.63) is 60.7 Å². The van der Waals surface area contributed by atoms with Crippen molar-refractivity contribution in [2.45, 2.75) is 36.5 Å². The van der Waals surface area contributed by atoms with Crippen LogP contribution in [-0.4, -0.2) is 52.6 Å². The Balaban J connectivity index is 1.76. The summed E-state index contributed by atoms with van der Waals surface area (Å²) in [6, 6.07) is 4.20. The van der Waals surface area contributed by atoms with E-state index in [-0.39, 0.29) is 17.3 Å². The van der Waals surface area contributed by atoms with Crippen LogP contribution in [0.1, 0.15) is 17.5 Å². The number of piperidine rings is 1. The molecule has 4 nitrogen and oxygen atoms in total. The van der Waals surface area contributed by atoms with Gasteiger partial charge in [0.1, 0.15) is 18.2 Å². The molecule has 1 aromatic carbocycles. The molecule has 5 atom stereocenters. The summed E-state index contributed by atoms with van der Waals surface area (Å²) in [7, 11) is 0. The van der Waals surface area contributed by atoms with Gasteiger partial charge < -0.3 is 19.4 Å². The van der Waals surface area contributed by atoms with Gasteiger partial charge >= 0.3 is 0 Å². The zero-order valence-electron chi connectivity index (χ0n) is 15.0. The van der Waals surface area contributed by atoms with Crippen molar-refractivity contribution in [3.63, 3.8) is 0 Å². The van der Waals surface area contributed by atoms with Crippen molar-refractivity contribution in [2.24, 2.45) is 5.92 Å². The van der Waals surface area contributed by atoms with Crippen molar-refractivity contribution in [1.82, 2.24) is 0 Å². The van der Waals surface area contributed by atoms with Crippen LogP contribution in [0.4, 0.5) is 0 Å². The zero-order chi connectivity index (χ0) is 18.1. The van der Waals surface area contributed by atoms with Gasteiger partial charge in [0, 0.05) is 24.3 Å². The Labute approximate surface area is 154 Å². The Kier molecular flexibility index (Phi) is 3.26. The van der Waals surface area contributed by atoms with E-state index in [4.69, 9.17) is 4.74 Å². The van der Waals surface area contributed by atoms with Crippen LogP contribution in [0.25, 0.3) is 0 Å². The Morgan fingerprint density at radius 3 is 2.73 bits per heavy atom. The van der Waals surface area contributed by atoms with Crippen LogP contribution in [0.3, 0.4) is 0 Å². The first kappa shape index (κ1) is 16.2. The van der Waals surface area contributed by atoms with E-state index in [0.717, 1.165) is 42.5 Å². The van der Waals surface area contributed by atoms with Gasteiger partial charge in [0.15, 0.2) is 11.5 Å². The quantitative estimate of drug-likeness (QED) is 0.646. The van der Waals surface area contributed by atoms with E-state index in [1.807, 2.05) is 18.2 Å². The minimum atomic E-state index is -0.636. The topological polar surface area (TPSA) is 49.7 Å². The standard InChI is InChI=1S/C22H25NO3/c1-3-10-23(11-4-2)12-9-22-15-6-8-18(25)21(22)26-20-17(24)7-5-14(19(20)22)13-16(15)23/h3-8,15-16,18,21,25H,1-2,9-13H2/p+1/t15-,16+,18-,21-,22-/m0/s1. The van der Waals surface area contributed by atoms with Crippen LogP contribution in [0, 0.1) is 5.92 Å². The smallest absolute Gasteiger partial charge is 0.165 e. The number of hydrogen-bond acceptors (Lipinski definition) is 3. The fourth-order valence-corrected chi connectivity index (χ4v) is 6.43. The molecule has 0 amide bonds. The molecule has 1 spiro atoms. The highest BCUT2D eigenvalue weighted by Gasteiger charge is 2.68. The van der Waals surface area contributed by atoms with Crippen LogP contribution >= 0.6 is 0 Å². The number of ether oxygens (including phenoxy) is 1. The van der Waals surface area contributed by atoms with Gasteiger partial charge in [-0.15, -0.1) is 0 Å². The van der Waals surface area contributed by atoms with Crippen LogP contribution in [0.5, 0.6) is 11.5 Å². The van der Waals surface area contributed by atoms with Crippen LogP contribution < -0.4 is 4.74 Å². The second-order valence-corrected chi connectivity index (χ2v) is 8.33. The summed E-state index contributed by atoms with van der Waals surface area (Å²) in [5.41, 5.74) is 2.19. The normalized spacial score (nSPS) is 37.6. The lowest BCUT2D eigenvalue weighted by molar-refractivity contribution is -0.951. The number of quaternary nitrogens is 1. The van der Waals surface area contributed by atoms with E-state index >= 15 is 0 Å². The zero-order valence-corrected chi connectivity index (χ0v) is 15.0. The maximum atomic E-state index is 10.7. The molecule has 1 saturated heterocycles.